The van der Waals surface area contributed by atoms with Gasteiger partial charge < -0.3 is 14.7 Å². The maximum atomic E-state index is 11.3. The van der Waals surface area contributed by atoms with Crippen molar-refractivity contribution < 1.29 is 19.5 Å². The Morgan fingerprint density at radius 3 is 2.67 bits per heavy atom. The van der Waals surface area contributed by atoms with E-state index < -0.39 is 0 Å². The maximum absolute atomic E-state index is 11.3. The highest BCUT2D eigenvalue weighted by Gasteiger charge is 2.04. The third-order valence-corrected chi connectivity index (χ3v) is 2.85. The molecule has 0 heterocycles. The van der Waals surface area contributed by atoms with Crippen LogP contribution in [-0.2, 0) is 11.3 Å². The fourth-order valence-corrected chi connectivity index (χ4v) is 1.77. The number of ether oxygens (including phenoxy) is 2. The number of carbonyl (C=O) groups excluding carboxylic acids is 1. The highest BCUT2D eigenvalue weighted by Crippen LogP contribution is 2.15. The Morgan fingerprint density at radius 1 is 1.24 bits per heavy atom. The van der Waals surface area contributed by atoms with Crippen LogP contribution in [0.3, 0.4) is 0 Å². The van der Waals surface area contributed by atoms with Gasteiger partial charge in [-0.15, -0.1) is 0 Å². The van der Waals surface area contributed by atoms with Gasteiger partial charge in [-0.1, -0.05) is 29.4 Å². The van der Waals surface area contributed by atoms with Gasteiger partial charge >= 0.3 is 5.97 Å². The van der Waals surface area contributed by atoms with Gasteiger partial charge in [0.05, 0.1) is 18.9 Å². The first-order chi connectivity index (χ1) is 10.2. The van der Waals surface area contributed by atoms with Crippen LogP contribution in [-0.4, -0.2) is 24.5 Å². The minimum Gasteiger partial charge on any atom is -0.489 e. The first-order valence-electron chi connectivity index (χ1n) is 6.30. The molecule has 5 nitrogen and oxygen atoms in total. The minimum atomic E-state index is -0.363. The second kappa shape index (κ2) is 7.09. The van der Waals surface area contributed by atoms with Gasteiger partial charge in [0.15, 0.2) is 0 Å². The Kier molecular flexibility index (Phi) is 4.93. The molecule has 0 aromatic heterocycles. The standard InChI is InChI=1S/C16H15NO4/c1-20-16(18)14-7-5-12(6-8-14)11-21-15-4-2-3-13(9-15)10-17-19/h2-10,19H,11H2,1H3. The molecule has 5 heteroatoms. The van der Waals surface area contributed by atoms with Crippen LogP contribution in [0.15, 0.2) is 53.7 Å². The van der Waals surface area contributed by atoms with Crippen molar-refractivity contribution in [1.82, 2.24) is 0 Å². The van der Waals surface area contributed by atoms with E-state index >= 15 is 0 Å². The Morgan fingerprint density at radius 2 is 2.00 bits per heavy atom. The second-order valence-corrected chi connectivity index (χ2v) is 4.29. The molecule has 0 aliphatic heterocycles. The van der Waals surface area contributed by atoms with E-state index in [-0.39, 0.29) is 5.97 Å². The molecule has 21 heavy (non-hydrogen) atoms. The van der Waals surface area contributed by atoms with Gasteiger partial charge in [0, 0.05) is 0 Å². The average molecular weight is 285 g/mol. The number of benzene rings is 2. The van der Waals surface area contributed by atoms with Gasteiger partial charge in [0.25, 0.3) is 0 Å². The van der Waals surface area contributed by atoms with E-state index in [0.717, 1.165) is 11.1 Å². The van der Waals surface area contributed by atoms with Crippen LogP contribution >= 0.6 is 0 Å². The van der Waals surface area contributed by atoms with Crippen molar-refractivity contribution in [3.63, 3.8) is 0 Å². The lowest BCUT2D eigenvalue weighted by atomic mass is 10.1. The lowest BCUT2D eigenvalue weighted by molar-refractivity contribution is 0.0600. The summed E-state index contributed by atoms with van der Waals surface area (Å²) in [6.45, 7) is 0.376. The molecule has 0 spiro atoms. The maximum Gasteiger partial charge on any atom is 0.337 e. The zero-order chi connectivity index (χ0) is 15.1. The van der Waals surface area contributed by atoms with Crippen molar-refractivity contribution in [2.45, 2.75) is 6.61 Å². The number of hydrogen-bond donors (Lipinski definition) is 1. The summed E-state index contributed by atoms with van der Waals surface area (Å²) in [6, 6.07) is 14.2. The number of carbonyl (C=O) groups is 1. The fourth-order valence-electron chi connectivity index (χ4n) is 1.77. The van der Waals surface area contributed by atoms with Crippen molar-refractivity contribution >= 4 is 12.2 Å². The highest BCUT2D eigenvalue weighted by molar-refractivity contribution is 5.89. The number of esters is 1. The summed E-state index contributed by atoms with van der Waals surface area (Å²) in [5, 5.41) is 11.5. The van der Waals surface area contributed by atoms with E-state index in [1.54, 1.807) is 24.3 Å². The molecular weight excluding hydrogens is 270 g/mol. The van der Waals surface area contributed by atoms with Crippen LogP contribution < -0.4 is 4.74 Å². The lowest BCUT2D eigenvalue weighted by Crippen LogP contribution is -2.02. The summed E-state index contributed by atoms with van der Waals surface area (Å²) in [6.07, 6.45) is 1.33. The zero-order valence-electron chi connectivity index (χ0n) is 11.5. The SMILES string of the molecule is COC(=O)c1ccc(COc2cccc(C=NO)c2)cc1. The third kappa shape index (κ3) is 4.07. The molecule has 2 rings (SSSR count). The van der Waals surface area contributed by atoms with Crippen LogP contribution in [0.1, 0.15) is 21.5 Å². The summed E-state index contributed by atoms with van der Waals surface area (Å²) in [5.41, 5.74) is 2.18. The number of methoxy groups -OCH3 is 1. The molecule has 0 radical (unpaired) electrons. The van der Waals surface area contributed by atoms with E-state index in [2.05, 4.69) is 9.89 Å². The largest absolute Gasteiger partial charge is 0.489 e. The zero-order valence-corrected chi connectivity index (χ0v) is 11.5. The summed E-state index contributed by atoms with van der Waals surface area (Å²) in [4.78, 5) is 11.3. The van der Waals surface area contributed by atoms with Crippen LogP contribution in [0.5, 0.6) is 5.75 Å². The molecule has 0 saturated heterocycles. The molecular formula is C16H15NO4. The molecule has 0 atom stereocenters. The molecule has 0 amide bonds. The van der Waals surface area contributed by atoms with E-state index in [9.17, 15) is 4.79 Å². The first-order valence-corrected chi connectivity index (χ1v) is 6.30. The van der Waals surface area contributed by atoms with Crippen LogP contribution in [0.4, 0.5) is 0 Å². The second-order valence-electron chi connectivity index (χ2n) is 4.29. The van der Waals surface area contributed by atoms with Crippen LogP contribution in [0, 0.1) is 0 Å². The number of rotatable bonds is 5. The van der Waals surface area contributed by atoms with Crippen LogP contribution in [0.25, 0.3) is 0 Å². The molecule has 2 aromatic carbocycles. The molecule has 0 aliphatic carbocycles. The monoisotopic (exact) mass is 285 g/mol. The molecule has 0 fully saturated rings. The van der Waals surface area contributed by atoms with Gasteiger partial charge in [0.2, 0.25) is 0 Å². The summed E-state index contributed by atoms with van der Waals surface area (Å²) in [5.74, 6) is 0.308. The summed E-state index contributed by atoms with van der Waals surface area (Å²) < 4.78 is 10.3. The third-order valence-electron chi connectivity index (χ3n) is 2.85. The lowest BCUT2D eigenvalue weighted by Gasteiger charge is -2.07. The van der Waals surface area contributed by atoms with E-state index in [0.29, 0.717) is 17.9 Å². The number of oxime groups is 1. The molecule has 0 unspecified atom stereocenters. The van der Waals surface area contributed by atoms with Crippen LogP contribution in [0.2, 0.25) is 0 Å². The number of hydrogen-bond acceptors (Lipinski definition) is 5. The molecule has 0 saturated carbocycles. The van der Waals surface area contributed by atoms with Gasteiger partial charge in [-0.3, -0.25) is 0 Å². The molecule has 2 aromatic rings. The van der Waals surface area contributed by atoms with Crippen molar-refractivity contribution in [3.05, 3.63) is 65.2 Å². The molecule has 0 bridgehead atoms. The Hall–Kier alpha value is -2.82. The smallest absolute Gasteiger partial charge is 0.337 e. The molecule has 108 valence electrons. The average Bonchev–Trinajstić information content (AvgIpc) is 2.53. The van der Waals surface area contributed by atoms with Crippen molar-refractivity contribution in [1.29, 1.82) is 0 Å². The van der Waals surface area contributed by atoms with Gasteiger partial charge in [0.1, 0.15) is 12.4 Å². The van der Waals surface area contributed by atoms with E-state index in [1.807, 2.05) is 24.3 Å². The quantitative estimate of drug-likeness (QED) is 0.397. The fraction of sp³-hybridized carbons (Fsp3) is 0.125. The predicted molar refractivity (Wildman–Crippen MR) is 77.9 cm³/mol. The molecule has 0 aliphatic rings. The Labute approximate surface area is 122 Å². The van der Waals surface area contributed by atoms with Gasteiger partial charge in [-0.05, 0) is 35.4 Å². The van der Waals surface area contributed by atoms with Crippen molar-refractivity contribution in [2.75, 3.05) is 7.11 Å². The Bertz CT molecular complexity index is 635. The van der Waals surface area contributed by atoms with E-state index in [1.165, 1.54) is 13.3 Å². The highest BCUT2D eigenvalue weighted by atomic mass is 16.5. The van der Waals surface area contributed by atoms with Gasteiger partial charge in [-0.2, -0.15) is 0 Å². The van der Waals surface area contributed by atoms with Gasteiger partial charge in [-0.25, -0.2) is 4.79 Å². The van der Waals surface area contributed by atoms with Crippen molar-refractivity contribution in [3.8, 4) is 5.75 Å². The predicted octanol–water partition coefficient (Wildman–Crippen LogP) is 2.86. The minimum absolute atomic E-state index is 0.363. The van der Waals surface area contributed by atoms with Crippen molar-refractivity contribution in [2.24, 2.45) is 5.16 Å². The summed E-state index contributed by atoms with van der Waals surface area (Å²) >= 11 is 0. The normalized spacial score (nSPS) is 10.5. The number of nitrogens with zero attached hydrogens (tertiary/aromatic N) is 1. The van der Waals surface area contributed by atoms with E-state index in [4.69, 9.17) is 9.94 Å². The Balaban J connectivity index is 1.99. The topological polar surface area (TPSA) is 68.1 Å². The first kappa shape index (κ1) is 14.6. The molecule has 1 N–H and O–H groups in total. The summed E-state index contributed by atoms with van der Waals surface area (Å²) in [7, 11) is 1.35.